The molecule has 1 saturated heterocycles. The Morgan fingerprint density at radius 2 is 2.03 bits per heavy atom. The Morgan fingerprint density at radius 3 is 2.78 bits per heavy atom. The summed E-state index contributed by atoms with van der Waals surface area (Å²) >= 11 is 0. The van der Waals surface area contributed by atoms with E-state index in [2.05, 4.69) is 10.3 Å². The van der Waals surface area contributed by atoms with E-state index in [0.717, 1.165) is 36.2 Å². The van der Waals surface area contributed by atoms with Crippen LogP contribution in [0.1, 0.15) is 61.4 Å². The summed E-state index contributed by atoms with van der Waals surface area (Å²) in [5.74, 6) is 0.795. The van der Waals surface area contributed by atoms with Gasteiger partial charge in [0.25, 0.3) is 0 Å². The van der Waals surface area contributed by atoms with E-state index in [4.69, 9.17) is 9.97 Å². The Labute approximate surface area is 187 Å². The fraction of sp³-hybridized carbons (Fsp3) is 0.478. The third kappa shape index (κ3) is 4.61. The van der Waals surface area contributed by atoms with Crippen LogP contribution in [-0.2, 0) is 27.3 Å². The Hall–Kier alpha value is -3.36. The molecule has 9 nitrogen and oxygen atoms in total. The number of likely N-dealkylation sites (tertiary alicyclic amines) is 1. The van der Waals surface area contributed by atoms with Gasteiger partial charge in [-0.15, -0.1) is 0 Å². The summed E-state index contributed by atoms with van der Waals surface area (Å²) in [5.41, 5.74) is 2.59. The van der Waals surface area contributed by atoms with Crippen molar-refractivity contribution in [2.45, 2.75) is 58.5 Å². The number of amides is 3. The molecule has 1 atom stereocenters. The number of hydrogen-bond acceptors (Lipinski definition) is 6. The zero-order chi connectivity index (χ0) is 22.7. The highest BCUT2D eigenvalue weighted by molar-refractivity contribution is 5.95. The molecule has 168 valence electrons. The molecule has 0 aliphatic carbocycles. The number of hydrogen-bond donors (Lipinski definition) is 1. The monoisotopic (exact) mass is 436 g/mol. The van der Waals surface area contributed by atoms with Crippen molar-refractivity contribution < 1.29 is 14.4 Å². The van der Waals surface area contributed by atoms with Crippen LogP contribution in [0.25, 0.3) is 0 Å². The van der Waals surface area contributed by atoms with Gasteiger partial charge in [-0.3, -0.25) is 24.3 Å². The second-order valence-electron chi connectivity index (χ2n) is 8.28. The lowest BCUT2D eigenvalue weighted by molar-refractivity contribution is -0.136. The van der Waals surface area contributed by atoms with Gasteiger partial charge in [0, 0.05) is 37.3 Å². The quantitative estimate of drug-likeness (QED) is 0.766. The minimum atomic E-state index is -0.275. The van der Waals surface area contributed by atoms with Crippen LogP contribution in [-0.4, -0.2) is 50.7 Å². The molecule has 1 N–H and O–H groups in total. The van der Waals surface area contributed by atoms with E-state index in [9.17, 15) is 14.4 Å². The number of nitrogens with zero attached hydrogens (tertiary/aromatic N) is 5. The van der Waals surface area contributed by atoms with Crippen molar-refractivity contribution in [3.05, 3.63) is 47.2 Å². The highest BCUT2D eigenvalue weighted by Crippen LogP contribution is 2.34. The summed E-state index contributed by atoms with van der Waals surface area (Å²) in [6.45, 7) is 4.23. The standard InChI is InChI=1S/C23H28N6O3/c1-15-18-9-10-20(31)29(14-17-7-3-5-11-24-17)23(18)27-22(26-15)19-8-4-6-12-28(19)21(32)13-25-16(2)30/h3,5,7,11,19H,4,6,8-10,12-14H2,1-2H3,(H,25,30)/t19-/m1/s1. The third-order valence-corrected chi connectivity index (χ3v) is 6.01. The Bertz CT molecular complexity index is 1030. The number of nitrogens with one attached hydrogen (secondary N) is 1. The van der Waals surface area contributed by atoms with Crippen LogP contribution < -0.4 is 10.2 Å². The third-order valence-electron chi connectivity index (χ3n) is 6.01. The number of rotatable bonds is 5. The number of anilines is 1. The van der Waals surface area contributed by atoms with Crippen LogP contribution in [0.15, 0.2) is 24.4 Å². The number of carbonyl (C=O) groups is 3. The second-order valence-corrected chi connectivity index (χ2v) is 8.28. The second kappa shape index (κ2) is 9.42. The fourth-order valence-corrected chi connectivity index (χ4v) is 4.37. The van der Waals surface area contributed by atoms with Gasteiger partial charge in [-0.05, 0) is 44.7 Å². The summed E-state index contributed by atoms with van der Waals surface area (Å²) in [4.78, 5) is 54.3. The van der Waals surface area contributed by atoms with Crippen molar-refractivity contribution in [1.82, 2.24) is 25.2 Å². The van der Waals surface area contributed by atoms with Crippen LogP contribution in [0.4, 0.5) is 5.82 Å². The molecule has 2 aromatic rings. The van der Waals surface area contributed by atoms with Crippen LogP contribution in [0.3, 0.4) is 0 Å². The van der Waals surface area contributed by atoms with Gasteiger partial charge in [0.2, 0.25) is 17.7 Å². The summed E-state index contributed by atoms with van der Waals surface area (Å²) in [7, 11) is 0. The van der Waals surface area contributed by atoms with E-state index >= 15 is 0 Å². The molecule has 0 saturated carbocycles. The van der Waals surface area contributed by atoms with Crippen molar-refractivity contribution in [2.75, 3.05) is 18.0 Å². The number of aromatic nitrogens is 3. The summed E-state index contributed by atoms with van der Waals surface area (Å²) in [5, 5.41) is 2.59. The molecule has 2 aromatic heterocycles. The molecule has 0 aromatic carbocycles. The average molecular weight is 437 g/mol. The maximum absolute atomic E-state index is 12.8. The molecule has 3 amide bonds. The first-order chi connectivity index (χ1) is 15.4. The summed E-state index contributed by atoms with van der Waals surface area (Å²) in [6.07, 6.45) is 5.34. The molecule has 4 rings (SSSR count). The van der Waals surface area contributed by atoms with Crippen molar-refractivity contribution in [2.24, 2.45) is 0 Å². The predicted octanol–water partition coefficient (Wildman–Crippen LogP) is 1.85. The fourth-order valence-electron chi connectivity index (χ4n) is 4.37. The number of pyridine rings is 1. The van der Waals surface area contributed by atoms with Crippen LogP contribution >= 0.6 is 0 Å². The minimum Gasteiger partial charge on any atom is -0.347 e. The maximum Gasteiger partial charge on any atom is 0.242 e. The number of fused-ring (bicyclic) bond motifs is 1. The lowest BCUT2D eigenvalue weighted by Gasteiger charge is -2.36. The molecule has 2 aliphatic heterocycles. The van der Waals surface area contributed by atoms with E-state index in [1.165, 1.54) is 6.92 Å². The lowest BCUT2D eigenvalue weighted by Crippen LogP contribution is -2.44. The van der Waals surface area contributed by atoms with Gasteiger partial charge in [-0.25, -0.2) is 9.97 Å². The van der Waals surface area contributed by atoms with Crippen LogP contribution in [0.5, 0.6) is 0 Å². The number of aryl methyl sites for hydroxylation is 1. The number of piperidine rings is 1. The molecule has 0 radical (unpaired) electrons. The van der Waals surface area contributed by atoms with Crippen molar-refractivity contribution in [3.8, 4) is 0 Å². The maximum atomic E-state index is 12.8. The van der Waals surface area contributed by atoms with Gasteiger partial charge in [0.1, 0.15) is 5.82 Å². The van der Waals surface area contributed by atoms with Gasteiger partial charge >= 0.3 is 0 Å². The van der Waals surface area contributed by atoms with Gasteiger partial charge in [-0.2, -0.15) is 0 Å². The highest BCUT2D eigenvalue weighted by Gasteiger charge is 2.34. The Balaban J connectivity index is 1.66. The Kier molecular flexibility index (Phi) is 6.43. The molecule has 0 spiro atoms. The first-order valence-corrected chi connectivity index (χ1v) is 11.1. The average Bonchev–Trinajstić information content (AvgIpc) is 2.80. The largest absolute Gasteiger partial charge is 0.347 e. The normalized spacial score (nSPS) is 18.3. The van der Waals surface area contributed by atoms with Gasteiger partial charge in [0.15, 0.2) is 5.82 Å². The molecule has 9 heteroatoms. The molecular weight excluding hydrogens is 408 g/mol. The summed E-state index contributed by atoms with van der Waals surface area (Å²) in [6, 6.07) is 5.35. The first kappa shape index (κ1) is 21.9. The number of carbonyl (C=O) groups excluding carboxylic acids is 3. The van der Waals surface area contributed by atoms with E-state index in [-0.39, 0.29) is 30.3 Å². The zero-order valence-electron chi connectivity index (χ0n) is 18.5. The van der Waals surface area contributed by atoms with Crippen molar-refractivity contribution in [3.63, 3.8) is 0 Å². The minimum absolute atomic E-state index is 0.00874. The van der Waals surface area contributed by atoms with Gasteiger partial charge < -0.3 is 10.2 Å². The van der Waals surface area contributed by atoms with Gasteiger partial charge in [-0.1, -0.05) is 6.07 Å². The van der Waals surface area contributed by atoms with Gasteiger partial charge in [0.05, 0.1) is 24.8 Å². The van der Waals surface area contributed by atoms with E-state index in [0.29, 0.717) is 37.6 Å². The summed E-state index contributed by atoms with van der Waals surface area (Å²) < 4.78 is 0. The SMILES string of the molecule is CC(=O)NCC(=O)N1CCCC[C@@H]1c1nc(C)c2c(n1)N(Cc1ccccn1)C(=O)CC2. The molecule has 0 bridgehead atoms. The molecule has 2 aliphatic rings. The Morgan fingerprint density at radius 1 is 1.19 bits per heavy atom. The zero-order valence-corrected chi connectivity index (χ0v) is 18.5. The predicted molar refractivity (Wildman–Crippen MR) is 118 cm³/mol. The topological polar surface area (TPSA) is 108 Å². The molecule has 4 heterocycles. The van der Waals surface area contributed by atoms with Crippen LogP contribution in [0, 0.1) is 6.92 Å². The molecule has 32 heavy (non-hydrogen) atoms. The van der Waals surface area contributed by atoms with E-state index in [1.807, 2.05) is 25.1 Å². The molecular formula is C23H28N6O3. The van der Waals surface area contributed by atoms with Crippen molar-refractivity contribution >= 4 is 23.5 Å². The lowest BCUT2D eigenvalue weighted by atomic mass is 9.99. The van der Waals surface area contributed by atoms with E-state index < -0.39 is 0 Å². The van der Waals surface area contributed by atoms with Crippen molar-refractivity contribution in [1.29, 1.82) is 0 Å². The first-order valence-electron chi connectivity index (χ1n) is 11.1. The van der Waals surface area contributed by atoms with Crippen LogP contribution in [0.2, 0.25) is 0 Å². The smallest absolute Gasteiger partial charge is 0.242 e. The van der Waals surface area contributed by atoms with E-state index in [1.54, 1.807) is 16.0 Å². The molecule has 0 unspecified atom stereocenters. The molecule has 1 fully saturated rings. The highest BCUT2D eigenvalue weighted by atomic mass is 16.2.